The quantitative estimate of drug-likeness (QED) is 0.430. The number of ether oxygens (including phenoxy) is 1. The summed E-state index contributed by atoms with van der Waals surface area (Å²) in [6.07, 6.45) is 4.56. The summed E-state index contributed by atoms with van der Waals surface area (Å²) in [6.45, 7) is 8.77. The molecule has 1 atom stereocenters. The SMILES string of the molecule is CCOC(=O)c1sc(C(C)NC(=NC)NCCc2ccncc2C)nc1C. The van der Waals surface area contributed by atoms with Crippen LogP contribution in [0.3, 0.4) is 0 Å². The van der Waals surface area contributed by atoms with Gasteiger partial charge >= 0.3 is 5.97 Å². The summed E-state index contributed by atoms with van der Waals surface area (Å²) in [7, 11) is 1.73. The molecule has 27 heavy (non-hydrogen) atoms. The summed E-state index contributed by atoms with van der Waals surface area (Å²) >= 11 is 1.35. The number of aromatic nitrogens is 2. The van der Waals surface area contributed by atoms with Crippen LogP contribution in [-0.4, -0.2) is 42.1 Å². The Kier molecular flexibility index (Phi) is 7.72. The number of carbonyl (C=O) groups is 1. The molecular weight excluding hydrogens is 362 g/mol. The molecule has 2 N–H and O–H groups in total. The van der Waals surface area contributed by atoms with E-state index < -0.39 is 0 Å². The molecule has 0 amide bonds. The van der Waals surface area contributed by atoms with Crippen molar-refractivity contribution in [3.8, 4) is 0 Å². The van der Waals surface area contributed by atoms with Crippen molar-refractivity contribution in [2.45, 2.75) is 40.2 Å². The van der Waals surface area contributed by atoms with Gasteiger partial charge in [0.1, 0.15) is 9.88 Å². The largest absolute Gasteiger partial charge is 0.462 e. The van der Waals surface area contributed by atoms with Crippen LogP contribution in [0.15, 0.2) is 23.5 Å². The number of guanidine groups is 1. The van der Waals surface area contributed by atoms with E-state index >= 15 is 0 Å². The number of hydrogen-bond donors (Lipinski definition) is 2. The molecule has 0 saturated carbocycles. The molecule has 0 bridgehead atoms. The van der Waals surface area contributed by atoms with Gasteiger partial charge in [0.25, 0.3) is 0 Å². The maximum Gasteiger partial charge on any atom is 0.350 e. The number of esters is 1. The Morgan fingerprint density at radius 3 is 2.85 bits per heavy atom. The van der Waals surface area contributed by atoms with E-state index in [4.69, 9.17) is 4.74 Å². The molecule has 8 heteroatoms. The van der Waals surface area contributed by atoms with Crippen LogP contribution in [0.5, 0.6) is 0 Å². The topological polar surface area (TPSA) is 88.5 Å². The first-order valence-corrected chi connectivity index (χ1v) is 9.79. The number of aryl methyl sites for hydroxylation is 2. The fourth-order valence-electron chi connectivity index (χ4n) is 2.55. The van der Waals surface area contributed by atoms with Gasteiger partial charge in [0.15, 0.2) is 5.96 Å². The van der Waals surface area contributed by atoms with E-state index in [-0.39, 0.29) is 12.0 Å². The van der Waals surface area contributed by atoms with E-state index in [2.05, 4.69) is 32.5 Å². The lowest BCUT2D eigenvalue weighted by atomic mass is 10.1. The molecule has 1 unspecified atom stereocenters. The van der Waals surface area contributed by atoms with Crippen molar-refractivity contribution in [2.75, 3.05) is 20.2 Å². The first-order valence-electron chi connectivity index (χ1n) is 8.97. The van der Waals surface area contributed by atoms with Crippen molar-refractivity contribution in [2.24, 2.45) is 4.99 Å². The van der Waals surface area contributed by atoms with Crippen LogP contribution in [0, 0.1) is 13.8 Å². The predicted octanol–water partition coefficient (Wildman–Crippen LogP) is 2.80. The molecule has 0 aromatic carbocycles. The normalized spacial score (nSPS) is 12.6. The zero-order valence-electron chi connectivity index (χ0n) is 16.5. The second-order valence-electron chi connectivity index (χ2n) is 6.10. The number of hydrogen-bond acceptors (Lipinski definition) is 6. The van der Waals surface area contributed by atoms with E-state index in [0.717, 1.165) is 18.0 Å². The molecule has 0 aliphatic heterocycles. The number of pyridine rings is 1. The molecule has 2 rings (SSSR count). The zero-order valence-corrected chi connectivity index (χ0v) is 17.3. The van der Waals surface area contributed by atoms with Gasteiger partial charge in [-0.2, -0.15) is 0 Å². The average Bonchev–Trinajstić information content (AvgIpc) is 3.04. The Morgan fingerprint density at radius 2 is 2.19 bits per heavy atom. The highest BCUT2D eigenvalue weighted by Crippen LogP contribution is 2.24. The first-order chi connectivity index (χ1) is 13.0. The minimum Gasteiger partial charge on any atom is -0.462 e. The Labute approximate surface area is 164 Å². The van der Waals surface area contributed by atoms with Gasteiger partial charge < -0.3 is 15.4 Å². The van der Waals surface area contributed by atoms with Crippen LogP contribution in [0.1, 0.15) is 51.4 Å². The van der Waals surface area contributed by atoms with Crippen LogP contribution < -0.4 is 10.6 Å². The maximum atomic E-state index is 12.0. The van der Waals surface area contributed by atoms with Crippen LogP contribution >= 0.6 is 11.3 Å². The molecule has 2 heterocycles. The highest BCUT2D eigenvalue weighted by atomic mass is 32.1. The summed E-state index contributed by atoms with van der Waals surface area (Å²) < 4.78 is 5.08. The summed E-state index contributed by atoms with van der Waals surface area (Å²) in [5.74, 6) is 0.376. The Balaban J connectivity index is 1.93. The smallest absolute Gasteiger partial charge is 0.350 e. The molecule has 0 aliphatic carbocycles. The fourth-order valence-corrected chi connectivity index (χ4v) is 3.51. The zero-order chi connectivity index (χ0) is 19.8. The highest BCUT2D eigenvalue weighted by molar-refractivity contribution is 7.13. The summed E-state index contributed by atoms with van der Waals surface area (Å²) in [5.41, 5.74) is 3.13. The van der Waals surface area contributed by atoms with Crippen molar-refractivity contribution in [3.05, 3.63) is 45.2 Å². The number of carbonyl (C=O) groups excluding carboxylic acids is 1. The first kappa shape index (κ1) is 20.8. The molecule has 0 radical (unpaired) electrons. The van der Waals surface area contributed by atoms with Gasteiger partial charge in [-0.3, -0.25) is 9.98 Å². The van der Waals surface area contributed by atoms with E-state index in [1.54, 1.807) is 14.0 Å². The van der Waals surface area contributed by atoms with Gasteiger partial charge in [0.2, 0.25) is 0 Å². The Bertz CT molecular complexity index is 803. The third-order valence-electron chi connectivity index (χ3n) is 4.04. The molecule has 2 aromatic rings. The van der Waals surface area contributed by atoms with E-state index in [1.165, 1.54) is 22.5 Å². The van der Waals surface area contributed by atoms with Crippen molar-refractivity contribution in [1.29, 1.82) is 0 Å². The molecular formula is C19H27N5O2S. The molecule has 0 spiro atoms. The van der Waals surface area contributed by atoms with Crippen LogP contribution in [-0.2, 0) is 11.2 Å². The monoisotopic (exact) mass is 389 g/mol. The van der Waals surface area contributed by atoms with E-state index in [9.17, 15) is 4.79 Å². The highest BCUT2D eigenvalue weighted by Gasteiger charge is 2.20. The molecule has 7 nitrogen and oxygen atoms in total. The summed E-state index contributed by atoms with van der Waals surface area (Å²) in [5, 5.41) is 7.45. The molecule has 0 saturated heterocycles. The number of nitrogens with zero attached hydrogens (tertiary/aromatic N) is 3. The molecule has 146 valence electrons. The second kappa shape index (κ2) is 10.0. The molecule has 0 aliphatic rings. The van der Waals surface area contributed by atoms with Gasteiger partial charge in [0.05, 0.1) is 18.3 Å². The van der Waals surface area contributed by atoms with Crippen LogP contribution in [0.2, 0.25) is 0 Å². The molecule has 2 aromatic heterocycles. The molecule has 0 fully saturated rings. The van der Waals surface area contributed by atoms with Crippen LogP contribution in [0.4, 0.5) is 0 Å². The van der Waals surface area contributed by atoms with E-state index in [1.807, 2.05) is 32.3 Å². The second-order valence-corrected chi connectivity index (χ2v) is 7.13. The number of thiazole rings is 1. The third-order valence-corrected chi connectivity index (χ3v) is 5.36. The van der Waals surface area contributed by atoms with Gasteiger partial charge in [-0.1, -0.05) is 0 Å². The van der Waals surface area contributed by atoms with E-state index in [0.29, 0.717) is 23.1 Å². The van der Waals surface area contributed by atoms with Crippen molar-refractivity contribution >= 4 is 23.3 Å². The predicted molar refractivity (Wildman–Crippen MR) is 108 cm³/mol. The summed E-state index contributed by atoms with van der Waals surface area (Å²) in [4.78, 5) is 25.4. The Morgan fingerprint density at radius 1 is 1.41 bits per heavy atom. The lowest BCUT2D eigenvalue weighted by molar-refractivity contribution is 0.0531. The lowest BCUT2D eigenvalue weighted by Gasteiger charge is -2.16. The van der Waals surface area contributed by atoms with Crippen molar-refractivity contribution in [1.82, 2.24) is 20.6 Å². The third kappa shape index (κ3) is 5.75. The minimum absolute atomic E-state index is 0.0780. The average molecular weight is 390 g/mol. The lowest BCUT2D eigenvalue weighted by Crippen LogP contribution is -2.39. The van der Waals surface area contributed by atoms with Gasteiger partial charge in [0, 0.05) is 26.0 Å². The standard InChI is InChI=1S/C19H27N5O2S/c1-6-26-18(25)16-13(3)23-17(27-16)14(4)24-19(20-5)22-10-8-15-7-9-21-11-12(15)2/h7,9,11,14H,6,8,10H2,1-5H3,(H2,20,22,24). The number of rotatable bonds is 7. The maximum absolute atomic E-state index is 12.0. The van der Waals surface area contributed by atoms with Gasteiger partial charge in [-0.05, 0) is 51.3 Å². The van der Waals surface area contributed by atoms with Crippen LogP contribution in [0.25, 0.3) is 0 Å². The van der Waals surface area contributed by atoms with Gasteiger partial charge in [-0.15, -0.1) is 11.3 Å². The fraction of sp³-hybridized carbons (Fsp3) is 0.474. The number of aliphatic imine (C=N–C) groups is 1. The van der Waals surface area contributed by atoms with Crippen molar-refractivity contribution < 1.29 is 9.53 Å². The van der Waals surface area contributed by atoms with Gasteiger partial charge in [-0.25, -0.2) is 9.78 Å². The number of nitrogens with one attached hydrogen (secondary N) is 2. The Hall–Kier alpha value is -2.48. The van der Waals surface area contributed by atoms with Crippen molar-refractivity contribution in [3.63, 3.8) is 0 Å². The minimum atomic E-state index is -0.318. The summed E-state index contributed by atoms with van der Waals surface area (Å²) in [6, 6.07) is 1.95.